The van der Waals surface area contributed by atoms with Gasteiger partial charge in [0.1, 0.15) is 6.23 Å². The van der Waals surface area contributed by atoms with Gasteiger partial charge in [0.2, 0.25) is 0 Å². The molecule has 0 fully saturated rings. The Morgan fingerprint density at radius 2 is 0.767 bits per heavy atom. The highest BCUT2D eigenvalue weighted by molar-refractivity contribution is 4.69. The van der Waals surface area contributed by atoms with Gasteiger partial charge in [-0.1, -0.05) is 149 Å². The van der Waals surface area contributed by atoms with Crippen molar-refractivity contribution >= 4 is 0 Å². The molecular formula is C28H59NO. The van der Waals surface area contributed by atoms with Crippen LogP contribution in [0.1, 0.15) is 168 Å². The summed E-state index contributed by atoms with van der Waals surface area (Å²) in [6, 6.07) is 0.517. The smallest absolute Gasteiger partial charge is 0.104 e. The van der Waals surface area contributed by atoms with Crippen LogP contribution in [0.3, 0.4) is 0 Å². The highest BCUT2D eigenvalue weighted by Gasteiger charge is 2.11. The van der Waals surface area contributed by atoms with E-state index in [9.17, 15) is 5.11 Å². The first kappa shape index (κ1) is 29.9. The van der Waals surface area contributed by atoms with E-state index in [1.54, 1.807) is 0 Å². The van der Waals surface area contributed by atoms with E-state index in [1.807, 2.05) is 0 Å². The Morgan fingerprint density at radius 3 is 1.07 bits per heavy atom. The molecule has 182 valence electrons. The van der Waals surface area contributed by atoms with Gasteiger partial charge < -0.3 is 5.11 Å². The van der Waals surface area contributed by atoms with Crippen molar-refractivity contribution in [3.8, 4) is 0 Å². The van der Waals surface area contributed by atoms with Crippen LogP contribution in [0.25, 0.3) is 0 Å². The third-order valence-electron chi connectivity index (χ3n) is 6.63. The van der Waals surface area contributed by atoms with E-state index in [1.165, 1.54) is 141 Å². The Bertz CT molecular complexity index is 307. The predicted molar refractivity (Wildman–Crippen MR) is 136 cm³/mol. The fraction of sp³-hybridized carbons (Fsp3) is 1.00. The molecule has 0 amide bonds. The summed E-state index contributed by atoms with van der Waals surface area (Å²) in [6.45, 7) is 6.63. The van der Waals surface area contributed by atoms with Crippen molar-refractivity contribution in [3.63, 3.8) is 0 Å². The molecule has 0 rings (SSSR count). The number of rotatable bonds is 25. The summed E-state index contributed by atoms with van der Waals surface area (Å²) < 4.78 is 0. The summed E-state index contributed by atoms with van der Waals surface area (Å²) in [6.07, 6.45) is 31.1. The minimum absolute atomic E-state index is 0.318. The van der Waals surface area contributed by atoms with Crippen molar-refractivity contribution in [2.24, 2.45) is 0 Å². The third-order valence-corrected chi connectivity index (χ3v) is 6.63. The Hall–Kier alpha value is -0.0800. The molecule has 0 bridgehead atoms. The molecule has 0 aromatic rings. The fourth-order valence-corrected chi connectivity index (χ4v) is 4.46. The lowest BCUT2D eigenvalue weighted by Gasteiger charge is -2.22. The van der Waals surface area contributed by atoms with E-state index in [0.29, 0.717) is 6.04 Å². The van der Waals surface area contributed by atoms with E-state index in [4.69, 9.17) is 0 Å². The number of aliphatic hydroxyl groups excluding tert-OH is 1. The van der Waals surface area contributed by atoms with Crippen LogP contribution in [0.15, 0.2) is 0 Å². The zero-order valence-electron chi connectivity index (χ0n) is 21.4. The summed E-state index contributed by atoms with van der Waals surface area (Å²) in [7, 11) is 0. The first-order chi connectivity index (χ1) is 14.7. The molecule has 2 nitrogen and oxygen atoms in total. The molecule has 0 aliphatic rings. The molecule has 0 saturated heterocycles. The quantitative estimate of drug-likeness (QED) is 0.113. The molecule has 2 atom stereocenters. The Morgan fingerprint density at radius 1 is 0.467 bits per heavy atom. The van der Waals surface area contributed by atoms with Crippen LogP contribution in [-0.2, 0) is 0 Å². The van der Waals surface area contributed by atoms with Gasteiger partial charge in [-0.3, -0.25) is 5.32 Å². The maximum absolute atomic E-state index is 9.98. The number of hydrogen-bond acceptors (Lipinski definition) is 2. The van der Waals surface area contributed by atoms with Crippen molar-refractivity contribution in [1.82, 2.24) is 5.32 Å². The van der Waals surface area contributed by atoms with Gasteiger partial charge in [0.25, 0.3) is 0 Å². The van der Waals surface area contributed by atoms with Gasteiger partial charge in [0.15, 0.2) is 0 Å². The predicted octanol–water partition coefficient (Wildman–Crippen LogP) is 9.30. The summed E-state index contributed by atoms with van der Waals surface area (Å²) in [5, 5.41) is 13.4. The maximum Gasteiger partial charge on any atom is 0.104 e. The highest BCUT2D eigenvalue weighted by Crippen LogP contribution is 2.16. The minimum Gasteiger partial charge on any atom is -0.379 e. The summed E-state index contributed by atoms with van der Waals surface area (Å²) in [4.78, 5) is 0. The van der Waals surface area contributed by atoms with Crippen molar-refractivity contribution in [3.05, 3.63) is 0 Å². The van der Waals surface area contributed by atoms with E-state index in [2.05, 4.69) is 26.1 Å². The van der Waals surface area contributed by atoms with Crippen LogP contribution in [-0.4, -0.2) is 17.4 Å². The molecule has 30 heavy (non-hydrogen) atoms. The van der Waals surface area contributed by atoms with Gasteiger partial charge in [-0.2, -0.15) is 0 Å². The molecule has 0 aliphatic carbocycles. The van der Waals surface area contributed by atoms with Crippen LogP contribution >= 0.6 is 0 Å². The van der Waals surface area contributed by atoms with Crippen LogP contribution in [0, 0.1) is 0 Å². The largest absolute Gasteiger partial charge is 0.379 e. The number of nitrogens with one attached hydrogen (secondary N) is 1. The first-order valence-corrected chi connectivity index (χ1v) is 14.2. The van der Waals surface area contributed by atoms with Crippen molar-refractivity contribution in [2.75, 3.05) is 0 Å². The molecule has 0 aromatic carbocycles. The Kier molecular flexibility index (Phi) is 25.1. The van der Waals surface area contributed by atoms with Crippen LogP contribution in [0.4, 0.5) is 0 Å². The van der Waals surface area contributed by atoms with Crippen molar-refractivity contribution < 1.29 is 5.11 Å². The second-order valence-corrected chi connectivity index (χ2v) is 9.73. The highest BCUT2D eigenvalue weighted by atomic mass is 16.3. The maximum atomic E-state index is 9.98. The summed E-state index contributed by atoms with van der Waals surface area (Å²) in [5.41, 5.74) is 0. The van der Waals surface area contributed by atoms with E-state index < -0.39 is 0 Å². The normalized spacial score (nSPS) is 13.6. The molecule has 2 heteroatoms. The number of unbranched alkanes of at least 4 members (excludes halogenated alkanes) is 18. The molecule has 0 spiro atoms. The second kappa shape index (κ2) is 25.2. The van der Waals surface area contributed by atoms with Crippen LogP contribution in [0.2, 0.25) is 0 Å². The molecule has 0 radical (unpaired) electrons. The monoisotopic (exact) mass is 425 g/mol. The van der Waals surface area contributed by atoms with Gasteiger partial charge >= 0.3 is 0 Å². The standard InChI is InChI=1S/C28H59NO/c1-4-7-9-11-12-13-14-15-16-17-18-19-20-22-24-26-27(29-28(30)6-3)25-23-21-10-8-5-2/h27-30H,4-26H2,1-3H3. The first-order valence-electron chi connectivity index (χ1n) is 14.2. The number of aliphatic hydroxyl groups is 1. The molecule has 0 heterocycles. The number of hydrogen-bond donors (Lipinski definition) is 2. The molecule has 0 saturated carbocycles. The van der Waals surface area contributed by atoms with Gasteiger partial charge in [0, 0.05) is 6.04 Å². The van der Waals surface area contributed by atoms with E-state index in [-0.39, 0.29) is 6.23 Å². The molecule has 0 aliphatic heterocycles. The second-order valence-electron chi connectivity index (χ2n) is 9.73. The zero-order chi connectivity index (χ0) is 22.1. The van der Waals surface area contributed by atoms with E-state index in [0.717, 1.165) is 6.42 Å². The SMILES string of the molecule is CCCCCCCCCCCCCCCCCC(CCCCCCC)NC(O)CC. The van der Waals surface area contributed by atoms with Gasteiger partial charge in [0.05, 0.1) is 0 Å². The average Bonchev–Trinajstić information content (AvgIpc) is 2.75. The van der Waals surface area contributed by atoms with Crippen molar-refractivity contribution in [2.45, 2.75) is 181 Å². The lowest BCUT2D eigenvalue weighted by molar-refractivity contribution is 0.113. The van der Waals surface area contributed by atoms with Crippen LogP contribution < -0.4 is 5.32 Å². The molecule has 2 unspecified atom stereocenters. The Balaban J connectivity index is 3.51. The van der Waals surface area contributed by atoms with Gasteiger partial charge in [-0.25, -0.2) is 0 Å². The fourth-order valence-electron chi connectivity index (χ4n) is 4.46. The van der Waals surface area contributed by atoms with E-state index >= 15 is 0 Å². The topological polar surface area (TPSA) is 32.3 Å². The van der Waals surface area contributed by atoms with Crippen molar-refractivity contribution in [1.29, 1.82) is 0 Å². The lowest BCUT2D eigenvalue weighted by atomic mass is 9.99. The summed E-state index contributed by atoms with van der Waals surface area (Å²) in [5.74, 6) is 0. The molecule has 2 N–H and O–H groups in total. The zero-order valence-corrected chi connectivity index (χ0v) is 21.4. The Labute approximate surface area is 191 Å². The van der Waals surface area contributed by atoms with Gasteiger partial charge in [-0.05, 0) is 19.3 Å². The van der Waals surface area contributed by atoms with Crippen LogP contribution in [0.5, 0.6) is 0 Å². The molecule has 0 aromatic heterocycles. The molecular weight excluding hydrogens is 366 g/mol. The minimum atomic E-state index is -0.318. The lowest BCUT2D eigenvalue weighted by Crippen LogP contribution is -2.37. The van der Waals surface area contributed by atoms with Gasteiger partial charge in [-0.15, -0.1) is 0 Å². The average molecular weight is 426 g/mol. The third kappa shape index (κ3) is 22.6. The summed E-state index contributed by atoms with van der Waals surface area (Å²) >= 11 is 0.